The first-order valence-electron chi connectivity index (χ1n) is 14.3. The van der Waals surface area contributed by atoms with Gasteiger partial charge < -0.3 is 35.6 Å². The summed E-state index contributed by atoms with van der Waals surface area (Å²) >= 11 is 0. The van der Waals surface area contributed by atoms with Crippen molar-refractivity contribution >= 4 is 11.7 Å². The van der Waals surface area contributed by atoms with E-state index in [0.29, 0.717) is 19.3 Å². The molecule has 0 bridgehead atoms. The van der Waals surface area contributed by atoms with Gasteiger partial charge in [-0.25, -0.2) is 0 Å². The lowest BCUT2D eigenvalue weighted by Gasteiger charge is -2.39. The number of ketones is 1. The molecule has 0 spiro atoms. The number of H-pyrrole nitrogens is 1. The third-order valence-corrected chi connectivity index (χ3v) is 7.83. The molecule has 1 aromatic carbocycles. The molecule has 0 radical (unpaired) electrons. The van der Waals surface area contributed by atoms with E-state index in [2.05, 4.69) is 16.3 Å². The van der Waals surface area contributed by atoms with Crippen LogP contribution in [0, 0.1) is 18.8 Å². The molecule has 1 amide bonds. The molecule has 11 nitrogen and oxygen atoms in total. The van der Waals surface area contributed by atoms with Crippen LogP contribution in [-0.2, 0) is 27.2 Å². The normalized spacial score (nSPS) is 23.6. The highest BCUT2D eigenvalue weighted by Crippen LogP contribution is 2.32. The molecule has 2 heterocycles. The number of carbonyl (C=O) groups is 2. The molecule has 228 valence electrons. The van der Waals surface area contributed by atoms with Gasteiger partial charge >= 0.3 is 0 Å². The number of nitrogens with one attached hydrogen (secondary N) is 1. The number of aliphatic hydroxyl groups is 4. The van der Waals surface area contributed by atoms with Gasteiger partial charge in [0.1, 0.15) is 30.2 Å². The molecule has 11 heteroatoms. The van der Waals surface area contributed by atoms with Gasteiger partial charge in [-0.1, -0.05) is 45.9 Å². The van der Waals surface area contributed by atoms with Crippen LogP contribution in [0.5, 0.6) is 5.88 Å². The zero-order valence-electron chi connectivity index (χ0n) is 24.5. The molecule has 1 aromatic heterocycles. The average Bonchev–Trinajstić information content (AvgIpc) is 3.30. The second-order valence-corrected chi connectivity index (χ2v) is 11.7. The summed E-state index contributed by atoms with van der Waals surface area (Å²) in [5, 5.41) is 47.4. The van der Waals surface area contributed by atoms with Crippen molar-refractivity contribution in [3.05, 3.63) is 46.1 Å². The van der Waals surface area contributed by atoms with Crippen molar-refractivity contribution in [3.8, 4) is 5.88 Å². The highest BCUT2D eigenvalue weighted by molar-refractivity contribution is 5.86. The number of aromatic nitrogens is 2. The van der Waals surface area contributed by atoms with Gasteiger partial charge in [0, 0.05) is 36.4 Å². The van der Waals surface area contributed by atoms with Crippen LogP contribution in [0.1, 0.15) is 80.8 Å². The van der Waals surface area contributed by atoms with Gasteiger partial charge in [0.2, 0.25) is 18.1 Å². The van der Waals surface area contributed by atoms with Gasteiger partial charge in [-0.2, -0.15) is 0 Å². The van der Waals surface area contributed by atoms with Crippen LogP contribution in [0.15, 0.2) is 18.2 Å². The Morgan fingerprint density at radius 2 is 1.83 bits per heavy atom. The fourth-order valence-electron chi connectivity index (χ4n) is 5.19. The number of amides is 1. The largest absolute Gasteiger partial charge is 0.443 e. The number of aromatic amines is 1. The van der Waals surface area contributed by atoms with Crippen LogP contribution in [0.4, 0.5) is 0 Å². The summed E-state index contributed by atoms with van der Waals surface area (Å²) in [7, 11) is 0. The Morgan fingerprint density at radius 3 is 2.41 bits per heavy atom. The minimum Gasteiger partial charge on any atom is -0.443 e. The first-order chi connectivity index (χ1) is 19.3. The van der Waals surface area contributed by atoms with Crippen molar-refractivity contribution in [2.75, 3.05) is 6.61 Å². The number of carbonyl (C=O) groups excluding carboxylic acids is 2. The number of hydrogen-bond donors (Lipinski definition) is 6. The Morgan fingerprint density at radius 1 is 1.12 bits per heavy atom. The van der Waals surface area contributed by atoms with Gasteiger partial charge in [0.25, 0.3) is 0 Å². The molecule has 3 rings (SSSR count). The number of benzene rings is 1. The Hall–Kier alpha value is -2.83. The number of aryl methyl sites for hydroxylation is 2. The molecule has 0 unspecified atom stereocenters. The van der Waals surface area contributed by atoms with Crippen molar-refractivity contribution in [2.24, 2.45) is 17.6 Å². The SMILES string of the molecule is Cc1cc(CCCC(=O)C[C@H](C(N)=O)C(C)C)ccc1Cc1c(O[C@@H]2O[C@H](CO)[C@@H](O)[C@H](O)[C@H]2O)n[nH]c1C(C)C. The number of rotatable bonds is 14. The number of aliphatic hydroxyl groups excluding tert-OH is 4. The molecular weight excluding hydrogens is 530 g/mol. The minimum atomic E-state index is -1.55. The Bertz CT molecular complexity index is 1180. The third kappa shape index (κ3) is 8.14. The third-order valence-electron chi connectivity index (χ3n) is 7.83. The predicted octanol–water partition coefficient (Wildman–Crippen LogP) is 1.65. The van der Waals surface area contributed by atoms with Crippen molar-refractivity contribution in [1.82, 2.24) is 10.2 Å². The monoisotopic (exact) mass is 575 g/mol. The summed E-state index contributed by atoms with van der Waals surface area (Å²) in [4.78, 5) is 24.0. The summed E-state index contributed by atoms with van der Waals surface area (Å²) in [6, 6.07) is 6.15. The molecule has 0 aliphatic carbocycles. The molecule has 41 heavy (non-hydrogen) atoms. The maximum absolute atomic E-state index is 12.4. The molecule has 2 aromatic rings. The first kappa shape index (κ1) is 32.7. The number of nitrogens with zero attached hydrogens (tertiary/aromatic N) is 1. The van der Waals surface area contributed by atoms with E-state index in [1.165, 1.54) is 0 Å². The van der Waals surface area contributed by atoms with E-state index >= 15 is 0 Å². The zero-order valence-corrected chi connectivity index (χ0v) is 24.5. The topological polar surface area (TPSA) is 188 Å². The molecular formula is C30H45N3O8. The lowest BCUT2D eigenvalue weighted by Crippen LogP contribution is -2.60. The van der Waals surface area contributed by atoms with Crippen LogP contribution < -0.4 is 10.5 Å². The van der Waals surface area contributed by atoms with Crippen LogP contribution >= 0.6 is 0 Å². The molecule has 1 aliphatic heterocycles. The van der Waals surface area contributed by atoms with E-state index in [1.54, 1.807) is 0 Å². The van der Waals surface area contributed by atoms with E-state index in [-0.39, 0.29) is 29.9 Å². The molecule has 6 atom stereocenters. The summed E-state index contributed by atoms with van der Waals surface area (Å²) in [6.07, 6.45) is -4.54. The highest BCUT2D eigenvalue weighted by Gasteiger charge is 2.45. The van der Waals surface area contributed by atoms with Crippen molar-refractivity contribution < 1.29 is 39.5 Å². The summed E-state index contributed by atoms with van der Waals surface area (Å²) in [5.74, 6) is -0.496. The van der Waals surface area contributed by atoms with Crippen LogP contribution in [-0.4, -0.2) is 79.6 Å². The number of ether oxygens (including phenoxy) is 2. The second kappa shape index (κ2) is 14.4. The molecule has 7 N–H and O–H groups in total. The van der Waals surface area contributed by atoms with Gasteiger partial charge in [-0.3, -0.25) is 14.7 Å². The zero-order chi connectivity index (χ0) is 30.4. The van der Waals surface area contributed by atoms with E-state index in [9.17, 15) is 30.0 Å². The van der Waals surface area contributed by atoms with Crippen molar-refractivity contribution in [2.45, 2.75) is 103 Å². The first-order valence-corrected chi connectivity index (χ1v) is 14.3. The number of nitrogens with two attached hydrogens (primary N) is 1. The summed E-state index contributed by atoms with van der Waals surface area (Å²) in [5.41, 5.74) is 10.3. The molecule has 1 aliphatic rings. The van der Waals surface area contributed by atoms with E-state index in [1.807, 2.05) is 46.8 Å². The maximum atomic E-state index is 12.4. The smallest absolute Gasteiger partial charge is 0.238 e. The van der Waals surface area contributed by atoms with Gasteiger partial charge in [-0.15, -0.1) is 5.10 Å². The van der Waals surface area contributed by atoms with Crippen molar-refractivity contribution in [3.63, 3.8) is 0 Å². The highest BCUT2D eigenvalue weighted by atomic mass is 16.7. The summed E-state index contributed by atoms with van der Waals surface area (Å²) in [6.45, 7) is 9.27. The van der Waals surface area contributed by atoms with Gasteiger partial charge in [-0.05, 0) is 48.3 Å². The van der Waals surface area contributed by atoms with E-state index in [4.69, 9.17) is 15.2 Å². The fourth-order valence-corrected chi connectivity index (χ4v) is 5.19. The van der Waals surface area contributed by atoms with E-state index < -0.39 is 49.1 Å². The minimum absolute atomic E-state index is 0.0289. The van der Waals surface area contributed by atoms with E-state index in [0.717, 1.165) is 34.4 Å². The number of hydrogen-bond acceptors (Lipinski definition) is 9. The quantitative estimate of drug-likeness (QED) is 0.195. The second-order valence-electron chi connectivity index (χ2n) is 11.7. The molecule has 0 saturated carbocycles. The number of primary amides is 1. The molecule has 1 fully saturated rings. The van der Waals surface area contributed by atoms with Crippen LogP contribution in [0.2, 0.25) is 0 Å². The Balaban J connectivity index is 1.69. The standard InChI is InChI=1S/C30H45N3O8/c1-15(2)21(28(31)39)13-20(35)8-6-7-18-9-10-19(17(5)11-18)12-22-24(16(3)4)32-33-29(22)41-30-27(38)26(37)25(36)23(14-34)40-30/h9-11,15-16,21,23,25-27,30,34,36-38H,6-8,12-14H2,1-5H3,(H2,31,39)(H,32,33)/t21-,23+,25+,26-,27+,30-/m0/s1. The predicted molar refractivity (Wildman–Crippen MR) is 151 cm³/mol. The Labute approximate surface area is 241 Å². The van der Waals surface area contributed by atoms with Crippen LogP contribution in [0.25, 0.3) is 0 Å². The average molecular weight is 576 g/mol. The van der Waals surface area contributed by atoms with Crippen molar-refractivity contribution in [1.29, 1.82) is 0 Å². The number of Topliss-reactive ketones (excluding diaryl/α,β-unsaturated/α-hetero) is 1. The fraction of sp³-hybridized carbons (Fsp3) is 0.633. The maximum Gasteiger partial charge on any atom is 0.238 e. The molecule has 1 saturated heterocycles. The lowest BCUT2D eigenvalue weighted by atomic mass is 9.88. The van der Waals surface area contributed by atoms with Gasteiger partial charge in [0.15, 0.2) is 0 Å². The van der Waals surface area contributed by atoms with Gasteiger partial charge in [0.05, 0.1) is 6.61 Å². The Kier molecular flexibility index (Phi) is 11.5. The lowest BCUT2D eigenvalue weighted by molar-refractivity contribution is -0.278. The summed E-state index contributed by atoms with van der Waals surface area (Å²) < 4.78 is 11.4. The van der Waals surface area contributed by atoms with Crippen LogP contribution in [0.3, 0.4) is 0 Å².